The van der Waals surface area contributed by atoms with Gasteiger partial charge in [-0.3, -0.25) is 10.1 Å². The largest absolute Gasteiger partial charge is 0.376 e. The van der Waals surface area contributed by atoms with Crippen LogP contribution in [0.2, 0.25) is 0 Å². The van der Waals surface area contributed by atoms with Crippen LogP contribution in [0.3, 0.4) is 0 Å². The summed E-state index contributed by atoms with van der Waals surface area (Å²) in [5, 5.41) is 14.3. The van der Waals surface area contributed by atoms with Crippen LogP contribution in [0.4, 0.5) is 11.4 Å². The number of anilines is 1. The van der Waals surface area contributed by atoms with Gasteiger partial charge in [-0.15, -0.1) is 0 Å². The number of hydrogen-bond acceptors (Lipinski definition) is 7. The number of nitrogens with zero attached hydrogens (tertiary/aromatic N) is 2. The Morgan fingerprint density at radius 2 is 1.88 bits per heavy atom. The number of nitro benzene ring substituents is 1. The molecule has 0 spiro atoms. The number of nitrogens with one attached hydrogen (secondary N) is 1. The van der Waals surface area contributed by atoms with Crippen LogP contribution in [0.5, 0.6) is 0 Å². The van der Waals surface area contributed by atoms with E-state index in [0.717, 1.165) is 25.3 Å². The summed E-state index contributed by atoms with van der Waals surface area (Å²) in [5.74, 6) is -0.0438. The van der Waals surface area contributed by atoms with Gasteiger partial charge >= 0.3 is 0 Å². The van der Waals surface area contributed by atoms with Gasteiger partial charge in [-0.25, -0.2) is 16.8 Å². The van der Waals surface area contributed by atoms with Gasteiger partial charge in [-0.2, -0.15) is 4.31 Å². The second kappa shape index (κ2) is 7.12. The predicted molar refractivity (Wildman–Crippen MR) is 96.4 cm³/mol. The number of benzene rings is 1. The number of rotatable bonds is 5. The first-order valence-electron chi connectivity index (χ1n) is 8.45. The van der Waals surface area contributed by atoms with E-state index in [1.807, 2.05) is 0 Å². The summed E-state index contributed by atoms with van der Waals surface area (Å²) in [6, 6.07) is 3.32. The minimum Gasteiger partial charge on any atom is -0.376 e. The Morgan fingerprint density at radius 1 is 1.19 bits per heavy atom. The van der Waals surface area contributed by atoms with Gasteiger partial charge in [0.2, 0.25) is 10.0 Å². The van der Waals surface area contributed by atoms with E-state index in [1.165, 1.54) is 16.4 Å². The number of nitro groups is 1. The van der Waals surface area contributed by atoms with Gasteiger partial charge < -0.3 is 5.32 Å². The molecule has 144 valence electrons. The number of hydrogen-bond donors (Lipinski definition) is 1. The van der Waals surface area contributed by atoms with Crippen molar-refractivity contribution in [2.45, 2.75) is 36.6 Å². The summed E-state index contributed by atoms with van der Waals surface area (Å²) >= 11 is 0. The SMILES string of the molecule is O=[N+]([O-])c1cc(S(=O)(=O)N2CCCCC2)ccc1N[C@H]1CCS(=O)(=O)C1. The van der Waals surface area contributed by atoms with Crippen molar-refractivity contribution < 1.29 is 21.8 Å². The highest BCUT2D eigenvalue weighted by molar-refractivity contribution is 7.91. The van der Waals surface area contributed by atoms with Crippen molar-refractivity contribution in [1.82, 2.24) is 4.31 Å². The molecule has 0 unspecified atom stereocenters. The van der Waals surface area contributed by atoms with Crippen molar-refractivity contribution in [1.29, 1.82) is 0 Å². The molecule has 1 atom stereocenters. The molecule has 0 amide bonds. The van der Waals surface area contributed by atoms with Crippen molar-refractivity contribution in [3.63, 3.8) is 0 Å². The van der Waals surface area contributed by atoms with E-state index < -0.39 is 30.8 Å². The molecule has 11 heteroatoms. The maximum atomic E-state index is 12.7. The first kappa shape index (κ1) is 19.1. The molecule has 0 radical (unpaired) electrons. The zero-order valence-electron chi connectivity index (χ0n) is 14.1. The van der Waals surface area contributed by atoms with Crippen LogP contribution >= 0.6 is 0 Å². The molecule has 1 aromatic rings. The molecular weight excluding hydrogens is 382 g/mol. The first-order chi connectivity index (χ1) is 12.2. The Balaban J connectivity index is 1.88. The van der Waals surface area contributed by atoms with Crippen LogP contribution in [0.25, 0.3) is 0 Å². The fourth-order valence-electron chi connectivity index (χ4n) is 3.33. The molecule has 2 fully saturated rings. The van der Waals surface area contributed by atoms with Gasteiger partial charge in [0.05, 0.1) is 21.3 Å². The number of piperidine rings is 1. The Bertz CT molecular complexity index is 907. The van der Waals surface area contributed by atoms with Crippen molar-refractivity contribution >= 4 is 31.2 Å². The summed E-state index contributed by atoms with van der Waals surface area (Å²) in [5.41, 5.74) is -0.234. The van der Waals surface area contributed by atoms with E-state index in [2.05, 4.69) is 5.32 Å². The van der Waals surface area contributed by atoms with E-state index in [4.69, 9.17) is 0 Å². The fraction of sp³-hybridized carbons (Fsp3) is 0.600. The predicted octanol–water partition coefficient (Wildman–Crippen LogP) is 1.37. The van der Waals surface area contributed by atoms with Crippen LogP contribution < -0.4 is 5.32 Å². The summed E-state index contributed by atoms with van der Waals surface area (Å²) in [4.78, 5) is 10.7. The number of sulfone groups is 1. The highest BCUT2D eigenvalue weighted by atomic mass is 32.2. The Labute approximate surface area is 152 Å². The smallest absolute Gasteiger partial charge is 0.293 e. The highest BCUT2D eigenvalue weighted by Crippen LogP contribution is 2.31. The lowest BCUT2D eigenvalue weighted by atomic mass is 10.2. The zero-order valence-corrected chi connectivity index (χ0v) is 15.8. The maximum Gasteiger partial charge on any atom is 0.293 e. The average Bonchev–Trinajstić information content (AvgIpc) is 2.94. The molecule has 9 nitrogen and oxygen atoms in total. The lowest BCUT2D eigenvalue weighted by Crippen LogP contribution is -2.35. The second-order valence-corrected chi connectivity index (χ2v) is 10.8. The second-order valence-electron chi connectivity index (χ2n) is 6.65. The maximum absolute atomic E-state index is 12.7. The molecule has 0 aliphatic carbocycles. The summed E-state index contributed by atoms with van der Waals surface area (Å²) < 4.78 is 49.9. The third kappa shape index (κ3) is 3.99. The van der Waals surface area contributed by atoms with Crippen molar-refractivity contribution in [2.75, 3.05) is 29.9 Å². The molecule has 2 saturated heterocycles. The molecule has 0 bridgehead atoms. The molecular formula is C15H21N3O6S2. The standard InChI is InChI=1S/C15H21N3O6S2/c19-18(20)15-10-13(26(23,24)17-7-2-1-3-8-17)4-5-14(15)16-12-6-9-25(21,22)11-12/h4-5,10,12,16H,1-3,6-9,11H2/t12-/m0/s1. The van der Waals surface area contributed by atoms with Gasteiger partial charge in [0, 0.05) is 25.2 Å². The van der Waals surface area contributed by atoms with E-state index in [9.17, 15) is 26.9 Å². The van der Waals surface area contributed by atoms with Gasteiger partial charge in [-0.05, 0) is 31.4 Å². The van der Waals surface area contributed by atoms with Crippen molar-refractivity contribution in [3.8, 4) is 0 Å². The Kier molecular flexibility index (Phi) is 5.22. The van der Waals surface area contributed by atoms with Crippen molar-refractivity contribution in [2.24, 2.45) is 0 Å². The highest BCUT2D eigenvalue weighted by Gasteiger charge is 2.31. The van der Waals surface area contributed by atoms with Crippen LogP contribution in [0, 0.1) is 10.1 Å². The zero-order chi connectivity index (χ0) is 18.9. The van der Waals surface area contributed by atoms with Gasteiger partial charge in [0.25, 0.3) is 5.69 Å². The van der Waals surface area contributed by atoms with Crippen LogP contribution in [0.1, 0.15) is 25.7 Å². The van der Waals surface area contributed by atoms with E-state index in [-0.39, 0.29) is 27.8 Å². The molecule has 2 aliphatic rings. The van der Waals surface area contributed by atoms with Crippen LogP contribution in [-0.4, -0.2) is 56.7 Å². The first-order valence-corrected chi connectivity index (χ1v) is 11.7. The Hall–Kier alpha value is -1.72. The van der Waals surface area contributed by atoms with E-state index in [1.54, 1.807) is 0 Å². The van der Waals surface area contributed by atoms with Gasteiger partial charge in [-0.1, -0.05) is 6.42 Å². The minimum absolute atomic E-state index is 0.0416. The Morgan fingerprint density at radius 3 is 2.46 bits per heavy atom. The quantitative estimate of drug-likeness (QED) is 0.581. The lowest BCUT2D eigenvalue weighted by molar-refractivity contribution is -0.384. The molecule has 0 aromatic heterocycles. The average molecular weight is 403 g/mol. The summed E-state index contributed by atoms with van der Waals surface area (Å²) in [7, 11) is -6.90. The monoisotopic (exact) mass is 403 g/mol. The van der Waals surface area contributed by atoms with Crippen molar-refractivity contribution in [3.05, 3.63) is 28.3 Å². The number of sulfonamides is 1. The van der Waals surface area contributed by atoms with Gasteiger partial charge in [0.15, 0.2) is 9.84 Å². The molecule has 1 N–H and O–H groups in total. The molecule has 26 heavy (non-hydrogen) atoms. The third-order valence-corrected chi connectivity index (χ3v) is 8.37. The lowest BCUT2D eigenvalue weighted by Gasteiger charge is -2.26. The molecule has 0 saturated carbocycles. The molecule has 3 rings (SSSR count). The fourth-order valence-corrected chi connectivity index (χ4v) is 6.54. The summed E-state index contributed by atoms with van der Waals surface area (Å²) in [6.07, 6.45) is 2.89. The topological polar surface area (TPSA) is 127 Å². The van der Waals surface area contributed by atoms with Crippen LogP contribution in [0.15, 0.2) is 23.1 Å². The normalized spacial score (nSPS) is 23.6. The van der Waals surface area contributed by atoms with Gasteiger partial charge in [0.1, 0.15) is 5.69 Å². The minimum atomic E-state index is -3.78. The molecule has 1 aromatic carbocycles. The molecule has 2 heterocycles. The third-order valence-electron chi connectivity index (χ3n) is 4.71. The summed E-state index contributed by atoms with van der Waals surface area (Å²) in [6.45, 7) is 0.826. The van der Waals surface area contributed by atoms with Crippen LogP contribution in [-0.2, 0) is 19.9 Å². The van der Waals surface area contributed by atoms with E-state index >= 15 is 0 Å². The molecule has 2 aliphatic heterocycles. The van der Waals surface area contributed by atoms with E-state index in [0.29, 0.717) is 19.5 Å².